The van der Waals surface area contributed by atoms with Gasteiger partial charge in [0.25, 0.3) is 5.91 Å². The molecule has 1 aromatic heterocycles. The molecule has 2 fully saturated rings. The molecule has 10 heteroatoms. The van der Waals surface area contributed by atoms with Crippen molar-refractivity contribution in [3.8, 4) is 11.5 Å². The first-order valence-electron chi connectivity index (χ1n) is 13.9. The van der Waals surface area contributed by atoms with Gasteiger partial charge in [-0.2, -0.15) is 5.10 Å². The monoisotopic (exact) mass is 532 g/mol. The van der Waals surface area contributed by atoms with Crippen molar-refractivity contribution >= 4 is 22.7 Å². The molecule has 4 heterocycles. The molecular formula is C29H36N6O4. The second-order valence-corrected chi connectivity index (χ2v) is 10.9. The molecule has 0 unspecified atom stereocenters. The zero-order valence-electron chi connectivity index (χ0n) is 22.5. The molecule has 3 aliphatic heterocycles. The Kier molecular flexibility index (Phi) is 7.14. The highest BCUT2D eigenvalue weighted by Crippen LogP contribution is 2.32. The van der Waals surface area contributed by atoms with E-state index in [-0.39, 0.29) is 23.1 Å². The van der Waals surface area contributed by atoms with E-state index in [0.29, 0.717) is 50.4 Å². The summed E-state index contributed by atoms with van der Waals surface area (Å²) in [4.78, 5) is 34.2. The first-order valence-corrected chi connectivity index (χ1v) is 13.9. The van der Waals surface area contributed by atoms with Crippen LogP contribution in [0.4, 0.5) is 0 Å². The van der Waals surface area contributed by atoms with Crippen molar-refractivity contribution in [1.29, 1.82) is 0 Å². The molecule has 2 N–H and O–H groups in total. The summed E-state index contributed by atoms with van der Waals surface area (Å²) in [6.07, 6.45) is 2.47. The van der Waals surface area contributed by atoms with Gasteiger partial charge in [-0.1, -0.05) is 6.07 Å². The number of piperazine rings is 1. The lowest BCUT2D eigenvalue weighted by Gasteiger charge is -2.32. The van der Waals surface area contributed by atoms with Gasteiger partial charge in [0.15, 0.2) is 0 Å². The number of hydrogen-bond donors (Lipinski definition) is 2. The van der Waals surface area contributed by atoms with E-state index < -0.39 is 0 Å². The highest BCUT2D eigenvalue weighted by molar-refractivity contribution is 6.01. The Morgan fingerprint density at radius 2 is 1.87 bits per heavy atom. The molecule has 2 saturated heterocycles. The maximum absolute atomic E-state index is 13.5. The van der Waals surface area contributed by atoms with Crippen LogP contribution in [-0.4, -0.2) is 99.6 Å². The van der Waals surface area contributed by atoms with Gasteiger partial charge in [0.05, 0.1) is 23.3 Å². The van der Waals surface area contributed by atoms with Crippen LogP contribution in [0.1, 0.15) is 46.4 Å². The summed E-state index contributed by atoms with van der Waals surface area (Å²) in [5, 5.41) is 18.8. The number of carbonyl (C=O) groups excluding carboxylic acids is 2. The summed E-state index contributed by atoms with van der Waals surface area (Å²) in [7, 11) is 2.15. The molecule has 0 atom stereocenters. The fourth-order valence-corrected chi connectivity index (χ4v) is 5.75. The minimum Gasteiger partial charge on any atom is -0.507 e. The summed E-state index contributed by atoms with van der Waals surface area (Å²) in [5.41, 5.74) is 3.74. The van der Waals surface area contributed by atoms with Crippen molar-refractivity contribution in [2.75, 3.05) is 52.9 Å². The van der Waals surface area contributed by atoms with E-state index in [1.54, 1.807) is 17.0 Å². The number of amides is 2. The van der Waals surface area contributed by atoms with E-state index in [2.05, 4.69) is 27.0 Å². The number of ether oxygens (including phenoxy) is 1. The predicted molar refractivity (Wildman–Crippen MR) is 146 cm³/mol. The lowest BCUT2D eigenvalue weighted by atomic mass is 10.1. The molecule has 3 aromatic rings. The smallest absolute Gasteiger partial charge is 0.258 e. The first kappa shape index (κ1) is 25.6. The van der Waals surface area contributed by atoms with Gasteiger partial charge in [0, 0.05) is 70.2 Å². The Labute approximate surface area is 228 Å². The van der Waals surface area contributed by atoms with E-state index in [1.807, 2.05) is 23.1 Å². The van der Waals surface area contributed by atoms with Crippen molar-refractivity contribution in [3.63, 3.8) is 0 Å². The quantitative estimate of drug-likeness (QED) is 0.482. The molecule has 6 rings (SSSR count). The molecule has 10 nitrogen and oxygen atoms in total. The minimum absolute atomic E-state index is 0.0827. The van der Waals surface area contributed by atoms with Gasteiger partial charge in [-0.15, -0.1) is 0 Å². The van der Waals surface area contributed by atoms with Gasteiger partial charge in [0.2, 0.25) is 5.91 Å². The number of phenols is 1. The topological polar surface area (TPSA) is 105 Å². The lowest BCUT2D eigenvalue weighted by molar-refractivity contribution is -0.133. The molecule has 3 aliphatic rings. The normalized spacial score (nSPS) is 18.6. The number of benzene rings is 2. The standard InChI is InChI=1S/C29H36N6O4/c1-32-8-10-33(11-9-32)12-13-39-22-6-5-20-17-35(18-21(20)14-22)29(38)24-15-23-25(16-27(24)36)30-31-26(23)19-34-7-3-2-4-28(34)37/h5-6,14-16,36H,2-4,7-13,17-19H2,1H3,(H,30,31). The molecule has 39 heavy (non-hydrogen) atoms. The van der Waals surface area contributed by atoms with Gasteiger partial charge in [-0.3, -0.25) is 19.6 Å². The molecule has 0 bridgehead atoms. The van der Waals surface area contributed by atoms with Crippen molar-refractivity contribution in [1.82, 2.24) is 29.8 Å². The predicted octanol–water partition coefficient (Wildman–Crippen LogP) is 2.56. The number of rotatable bonds is 7. The number of likely N-dealkylation sites (N-methyl/N-ethyl adjacent to an activating group) is 1. The van der Waals surface area contributed by atoms with Crippen molar-refractivity contribution < 1.29 is 19.4 Å². The number of nitrogens with zero attached hydrogens (tertiary/aromatic N) is 5. The fraction of sp³-hybridized carbons (Fsp3) is 0.483. The average molecular weight is 533 g/mol. The second-order valence-electron chi connectivity index (χ2n) is 10.9. The third-order valence-electron chi connectivity index (χ3n) is 8.21. The number of aromatic amines is 1. The van der Waals surface area contributed by atoms with Crippen LogP contribution < -0.4 is 4.74 Å². The van der Waals surface area contributed by atoms with Crippen LogP contribution in [0.25, 0.3) is 10.9 Å². The van der Waals surface area contributed by atoms with Crippen molar-refractivity contribution in [3.05, 3.63) is 52.7 Å². The van der Waals surface area contributed by atoms with Crippen molar-refractivity contribution in [2.45, 2.75) is 38.9 Å². The third-order valence-corrected chi connectivity index (χ3v) is 8.21. The minimum atomic E-state index is -0.232. The van der Waals surface area contributed by atoms with Crippen LogP contribution in [0.2, 0.25) is 0 Å². The number of carbonyl (C=O) groups is 2. The summed E-state index contributed by atoms with van der Waals surface area (Å²) in [6, 6.07) is 9.28. The number of nitrogens with one attached hydrogen (secondary N) is 1. The Morgan fingerprint density at radius 1 is 1.05 bits per heavy atom. The number of likely N-dealkylation sites (tertiary alicyclic amines) is 1. The maximum Gasteiger partial charge on any atom is 0.258 e. The number of phenolic OH excluding ortho intramolecular Hbond substituents is 1. The Morgan fingerprint density at radius 3 is 2.69 bits per heavy atom. The molecule has 0 saturated carbocycles. The van der Waals surface area contributed by atoms with E-state index >= 15 is 0 Å². The number of aromatic nitrogens is 2. The molecule has 2 aromatic carbocycles. The van der Waals surface area contributed by atoms with Crippen LogP contribution in [0.15, 0.2) is 30.3 Å². The van der Waals surface area contributed by atoms with E-state index in [1.165, 1.54) is 0 Å². The van der Waals surface area contributed by atoms with E-state index in [9.17, 15) is 14.7 Å². The first-order chi connectivity index (χ1) is 18.9. The van der Waals surface area contributed by atoms with Gasteiger partial charge in [-0.05, 0) is 49.2 Å². The summed E-state index contributed by atoms with van der Waals surface area (Å²) < 4.78 is 6.05. The van der Waals surface area contributed by atoms with Crippen LogP contribution in [0.5, 0.6) is 11.5 Å². The van der Waals surface area contributed by atoms with Crippen molar-refractivity contribution in [2.24, 2.45) is 0 Å². The molecule has 206 valence electrons. The highest BCUT2D eigenvalue weighted by Gasteiger charge is 2.28. The molecule has 0 spiro atoms. The van der Waals surface area contributed by atoms with Gasteiger partial charge in [0.1, 0.15) is 18.1 Å². The van der Waals surface area contributed by atoms with E-state index in [0.717, 1.165) is 67.8 Å². The van der Waals surface area contributed by atoms with Crippen LogP contribution >= 0.6 is 0 Å². The van der Waals surface area contributed by atoms with Crippen LogP contribution in [0.3, 0.4) is 0 Å². The largest absolute Gasteiger partial charge is 0.507 e. The number of piperidine rings is 1. The summed E-state index contributed by atoms with van der Waals surface area (Å²) in [6.45, 7) is 7.89. The number of aromatic hydroxyl groups is 1. The SMILES string of the molecule is CN1CCN(CCOc2ccc3c(c2)CN(C(=O)c2cc4c(CN5CCCCC5=O)n[nH]c4cc2O)C3)CC1. The van der Waals surface area contributed by atoms with Crippen LogP contribution in [-0.2, 0) is 24.4 Å². The third kappa shape index (κ3) is 5.44. The molecule has 0 radical (unpaired) electrons. The summed E-state index contributed by atoms with van der Waals surface area (Å²) in [5.74, 6) is 0.631. The lowest BCUT2D eigenvalue weighted by Crippen LogP contribution is -2.45. The highest BCUT2D eigenvalue weighted by atomic mass is 16.5. The second kappa shape index (κ2) is 10.9. The number of H-pyrrole nitrogens is 1. The molecule has 0 aliphatic carbocycles. The van der Waals surface area contributed by atoms with Gasteiger partial charge >= 0.3 is 0 Å². The zero-order chi connectivity index (χ0) is 26.9. The average Bonchev–Trinajstić information content (AvgIpc) is 3.54. The Hall–Kier alpha value is -3.63. The maximum atomic E-state index is 13.5. The number of hydrogen-bond acceptors (Lipinski definition) is 7. The zero-order valence-corrected chi connectivity index (χ0v) is 22.5. The Balaban J connectivity index is 1.12. The molecule has 2 amide bonds. The molecular weight excluding hydrogens is 496 g/mol. The summed E-state index contributed by atoms with van der Waals surface area (Å²) >= 11 is 0. The van der Waals surface area contributed by atoms with Crippen LogP contribution in [0, 0.1) is 0 Å². The Bertz CT molecular complexity index is 1380. The van der Waals surface area contributed by atoms with E-state index in [4.69, 9.17) is 4.74 Å². The van der Waals surface area contributed by atoms with Gasteiger partial charge in [-0.25, -0.2) is 0 Å². The van der Waals surface area contributed by atoms with Gasteiger partial charge < -0.3 is 24.5 Å². The number of fused-ring (bicyclic) bond motifs is 2. The fourth-order valence-electron chi connectivity index (χ4n) is 5.75.